The van der Waals surface area contributed by atoms with Crippen LogP contribution in [0.4, 0.5) is 26.3 Å². The van der Waals surface area contributed by atoms with Gasteiger partial charge in [-0.2, -0.15) is 26.3 Å². The molecule has 362 valence electrons. The molecule has 0 radical (unpaired) electrons. The zero-order chi connectivity index (χ0) is 50.0. The maximum absolute atomic E-state index is 14.0. The molecular weight excluding hydrogens is 905 g/mol. The predicted molar refractivity (Wildman–Crippen MR) is 235 cm³/mol. The molecule has 1 heterocycles. The molecule has 0 fully saturated rings. The van der Waals surface area contributed by atoms with Crippen LogP contribution in [0.5, 0.6) is 5.75 Å². The minimum absolute atomic E-state index is 0.0326. The molecule has 9 N–H and O–H groups in total. The van der Waals surface area contributed by atoms with Crippen LogP contribution in [0.25, 0.3) is 10.9 Å². The summed E-state index contributed by atoms with van der Waals surface area (Å²) in [6.07, 6.45) is -9.05. The molecule has 0 aliphatic carbocycles. The van der Waals surface area contributed by atoms with E-state index in [4.69, 9.17) is 10.5 Å². The third-order valence-corrected chi connectivity index (χ3v) is 10.6. The first-order valence-electron chi connectivity index (χ1n) is 21.0. The summed E-state index contributed by atoms with van der Waals surface area (Å²) in [6, 6.07) is 17.0. The highest BCUT2D eigenvalue weighted by Gasteiger charge is 2.38. The molecule has 5 amide bonds. The van der Waals surface area contributed by atoms with E-state index in [0.29, 0.717) is 39.7 Å². The van der Waals surface area contributed by atoms with Crippen LogP contribution in [-0.2, 0) is 71.7 Å². The van der Waals surface area contributed by atoms with Crippen LogP contribution < -0.4 is 32.3 Å². The highest BCUT2D eigenvalue weighted by molar-refractivity contribution is 5.97. The zero-order valence-electron chi connectivity index (χ0n) is 36.8. The number of ether oxygens (including phenoxy) is 1. The van der Waals surface area contributed by atoms with Crippen molar-refractivity contribution in [1.29, 1.82) is 0 Å². The van der Waals surface area contributed by atoms with E-state index in [-0.39, 0.29) is 31.1 Å². The fraction of sp³-hybridized carbons (Fsp3) is 0.319. The molecular formula is C47H49F6N7O8. The molecule has 68 heavy (non-hydrogen) atoms. The van der Waals surface area contributed by atoms with Gasteiger partial charge in [0.2, 0.25) is 29.5 Å². The molecule has 5 aromatic rings. The maximum atomic E-state index is 14.0. The summed E-state index contributed by atoms with van der Waals surface area (Å²) >= 11 is 0. The highest BCUT2D eigenvalue weighted by Crippen LogP contribution is 2.36. The van der Waals surface area contributed by atoms with Crippen LogP contribution in [0.1, 0.15) is 54.2 Å². The number of esters is 1. The molecule has 5 rings (SSSR count). The minimum atomic E-state index is -5.16. The van der Waals surface area contributed by atoms with Crippen molar-refractivity contribution in [1.82, 2.24) is 31.6 Å². The molecule has 0 saturated heterocycles. The van der Waals surface area contributed by atoms with Gasteiger partial charge in [-0.05, 0) is 85.8 Å². The Hall–Kier alpha value is -7.42. The molecule has 1 aromatic heterocycles. The van der Waals surface area contributed by atoms with Gasteiger partial charge in [-0.1, -0.05) is 60.7 Å². The number of fused-ring (bicyclic) bond motifs is 1. The van der Waals surface area contributed by atoms with Crippen molar-refractivity contribution in [3.63, 3.8) is 0 Å². The van der Waals surface area contributed by atoms with Gasteiger partial charge < -0.3 is 47.1 Å². The van der Waals surface area contributed by atoms with E-state index < -0.39 is 107 Å². The first kappa shape index (κ1) is 51.6. The largest absolute Gasteiger partial charge is 0.508 e. The predicted octanol–water partition coefficient (Wildman–Crippen LogP) is 4.50. The van der Waals surface area contributed by atoms with Crippen LogP contribution in [-0.4, -0.2) is 81.8 Å². The summed E-state index contributed by atoms with van der Waals surface area (Å²) in [6.45, 7) is 2.26. The quantitative estimate of drug-likeness (QED) is 0.0430. The van der Waals surface area contributed by atoms with Gasteiger partial charge in [0, 0.05) is 29.9 Å². The Morgan fingerprint density at radius 2 is 1.29 bits per heavy atom. The van der Waals surface area contributed by atoms with Crippen molar-refractivity contribution < 1.29 is 65.0 Å². The number of carbonyl (C=O) groups excluding carboxylic acids is 6. The van der Waals surface area contributed by atoms with Crippen LogP contribution in [0.3, 0.4) is 0 Å². The number of H-pyrrole nitrogens is 1. The molecule has 0 unspecified atom stereocenters. The van der Waals surface area contributed by atoms with Gasteiger partial charge in [-0.3, -0.25) is 24.0 Å². The summed E-state index contributed by atoms with van der Waals surface area (Å²) in [4.78, 5) is 83.4. The number of phenols is 1. The fourth-order valence-electron chi connectivity index (χ4n) is 6.85. The number of nitrogens with two attached hydrogens (primary N) is 1. The van der Waals surface area contributed by atoms with Crippen molar-refractivity contribution in [2.45, 2.75) is 88.7 Å². The van der Waals surface area contributed by atoms with E-state index >= 15 is 0 Å². The number of aromatic nitrogens is 1. The third kappa shape index (κ3) is 14.5. The van der Waals surface area contributed by atoms with E-state index in [1.165, 1.54) is 32.9 Å². The fourth-order valence-corrected chi connectivity index (χ4v) is 6.85. The number of aromatic amines is 1. The lowest BCUT2D eigenvalue weighted by atomic mass is 9.99. The van der Waals surface area contributed by atoms with Crippen molar-refractivity contribution in [2.75, 3.05) is 6.54 Å². The Morgan fingerprint density at radius 1 is 0.691 bits per heavy atom. The Morgan fingerprint density at radius 3 is 1.93 bits per heavy atom. The molecule has 21 heteroatoms. The molecule has 0 aliphatic rings. The number of rotatable bonds is 19. The van der Waals surface area contributed by atoms with Crippen molar-refractivity contribution in [3.8, 4) is 5.75 Å². The Balaban J connectivity index is 1.27. The monoisotopic (exact) mass is 953 g/mol. The van der Waals surface area contributed by atoms with Gasteiger partial charge in [0.15, 0.2) is 0 Å². The van der Waals surface area contributed by atoms with Gasteiger partial charge in [-0.25, -0.2) is 4.79 Å². The molecule has 4 aromatic carbocycles. The molecule has 0 spiro atoms. The second kappa shape index (κ2) is 21.9. The first-order valence-corrected chi connectivity index (χ1v) is 21.0. The van der Waals surface area contributed by atoms with Crippen molar-refractivity contribution >= 4 is 46.4 Å². The van der Waals surface area contributed by atoms with Gasteiger partial charge in [0.25, 0.3) is 0 Å². The van der Waals surface area contributed by atoms with Gasteiger partial charge in [0.05, 0.1) is 23.7 Å². The summed E-state index contributed by atoms with van der Waals surface area (Å²) in [7, 11) is 0. The Bertz CT molecular complexity index is 2570. The number of amides is 5. The van der Waals surface area contributed by atoms with Crippen molar-refractivity contribution in [3.05, 3.63) is 137 Å². The average molecular weight is 954 g/mol. The van der Waals surface area contributed by atoms with E-state index in [1.54, 1.807) is 72.9 Å². The SMILES string of the molecule is C[C@@H](NC(=O)[C@@H](N)Cc1ccc(O)cc1)C(=O)NCC(=O)N[C@@H](Cc1ccccc1)C(=O)NC(C)(C)C(=O)N[C@@H](Cc1c[nH]c2ccccc12)C(=O)OCc1cc(C(F)(F)F)cc(C(F)(F)F)c1. The van der Waals surface area contributed by atoms with Crippen LogP contribution in [0.15, 0.2) is 103 Å². The number of carbonyl (C=O) groups is 6. The number of para-hydroxylation sites is 1. The third-order valence-electron chi connectivity index (χ3n) is 10.6. The van der Waals surface area contributed by atoms with E-state index in [9.17, 15) is 60.2 Å². The molecule has 15 nitrogen and oxygen atoms in total. The Labute approximate surface area is 385 Å². The second-order valence-electron chi connectivity index (χ2n) is 16.5. The maximum Gasteiger partial charge on any atom is 0.416 e. The normalized spacial score (nSPS) is 13.6. The minimum Gasteiger partial charge on any atom is -0.508 e. The number of nitrogens with one attached hydrogen (secondary N) is 6. The number of hydrogen-bond acceptors (Lipinski definition) is 9. The second-order valence-corrected chi connectivity index (χ2v) is 16.5. The standard InChI is InChI=1S/C47H49F6N7O8/c1-26(57-41(64)35(54)19-28-13-15-33(61)16-14-28)40(63)56-24-39(62)58-37(20-27-9-5-4-6-10-27)42(65)60-45(2,3)44(67)59-38(21-30-23-55-36-12-8-7-11-34(30)36)43(66)68-25-29-17-31(46(48,49)50)22-32(18-29)47(51,52)53/h4-18,22-23,26,35,37-38,55,61H,19-21,24-25,54H2,1-3H3,(H,56,63)(H,57,64)(H,58,62)(H,59,67)(H,60,65)/t26-,35+,37+,38+/m1/s1. The van der Waals surface area contributed by atoms with Crippen LogP contribution in [0.2, 0.25) is 0 Å². The van der Waals surface area contributed by atoms with Crippen LogP contribution in [0, 0.1) is 0 Å². The van der Waals surface area contributed by atoms with Gasteiger partial charge >= 0.3 is 18.3 Å². The number of benzene rings is 4. The molecule has 0 aliphatic heterocycles. The van der Waals surface area contributed by atoms with E-state index in [2.05, 4.69) is 31.6 Å². The number of hydrogen-bond donors (Lipinski definition) is 8. The highest BCUT2D eigenvalue weighted by atomic mass is 19.4. The molecule has 4 atom stereocenters. The topological polar surface area (TPSA) is 234 Å². The van der Waals surface area contributed by atoms with Crippen LogP contribution >= 0.6 is 0 Å². The van der Waals surface area contributed by atoms with Crippen molar-refractivity contribution in [2.24, 2.45) is 5.73 Å². The lowest BCUT2D eigenvalue weighted by molar-refractivity contribution is -0.150. The average Bonchev–Trinajstić information content (AvgIpc) is 3.69. The number of aromatic hydroxyl groups is 1. The van der Waals surface area contributed by atoms with Gasteiger partial charge in [-0.15, -0.1) is 0 Å². The summed E-state index contributed by atoms with van der Waals surface area (Å²) in [5, 5.41) is 22.5. The Kier molecular flexibility index (Phi) is 16.6. The van der Waals surface area contributed by atoms with E-state index in [0.717, 1.165) is 0 Å². The summed E-state index contributed by atoms with van der Waals surface area (Å²) in [5.74, 6) is -5.28. The smallest absolute Gasteiger partial charge is 0.416 e. The molecule has 0 saturated carbocycles. The number of halogens is 6. The molecule has 0 bridgehead atoms. The lowest BCUT2D eigenvalue weighted by Gasteiger charge is -2.30. The number of phenolic OH excluding ortho intramolecular Hbond substituents is 1. The summed E-state index contributed by atoms with van der Waals surface area (Å²) in [5.41, 5.74) is 2.65. The first-order chi connectivity index (χ1) is 31.9. The van der Waals surface area contributed by atoms with Gasteiger partial charge in [0.1, 0.15) is 36.0 Å². The zero-order valence-corrected chi connectivity index (χ0v) is 36.8. The summed E-state index contributed by atoms with van der Waals surface area (Å²) < 4.78 is 86.6. The lowest BCUT2D eigenvalue weighted by Crippen LogP contribution is -2.62. The number of alkyl halides is 6. The van der Waals surface area contributed by atoms with E-state index in [1.807, 2.05) is 0 Å².